The summed E-state index contributed by atoms with van der Waals surface area (Å²) in [5.74, 6) is 0.720. The lowest BCUT2D eigenvalue weighted by Crippen LogP contribution is -2.08. The quantitative estimate of drug-likeness (QED) is 0.652. The highest BCUT2D eigenvalue weighted by Crippen LogP contribution is 2.18. The molecule has 0 bridgehead atoms. The fourth-order valence-electron chi connectivity index (χ4n) is 1.59. The van der Waals surface area contributed by atoms with Gasteiger partial charge in [0.1, 0.15) is 5.65 Å². The van der Waals surface area contributed by atoms with Gasteiger partial charge in [-0.2, -0.15) is 0 Å². The zero-order chi connectivity index (χ0) is 10.3. The molecule has 74 valence electrons. The second-order valence-electron chi connectivity index (χ2n) is 3.26. The van der Waals surface area contributed by atoms with Gasteiger partial charge in [0.2, 0.25) is 0 Å². The molecule has 0 aliphatic carbocycles. The van der Waals surface area contributed by atoms with Crippen LogP contribution in [0, 0.1) is 0 Å². The highest BCUT2D eigenvalue weighted by atomic mass is 16.3. The first-order valence-electron chi connectivity index (χ1n) is 4.59. The Labute approximate surface area is 84.8 Å². The first-order chi connectivity index (χ1) is 7.34. The number of nitrogens with zero attached hydrogens (tertiary/aromatic N) is 1. The predicted octanol–water partition coefficient (Wildman–Crippen LogP) is 1.89. The Balaban J connectivity index is 2.32. The average Bonchev–Trinajstić information content (AvgIpc) is 2.86. The Morgan fingerprint density at radius 1 is 1.20 bits per heavy atom. The molecule has 0 atom stereocenters. The minimum atomic E-state index is -0.0541. The Morgan fingerprint density at radius 3 is 2.87 bits per heavy atom. The van der Waals surface area contributed by atoms with Crippen LogP contribution in [0.2, 0.25) is 0 Å². The van der Waals surface area contributed by atoms with Crippen LogP contribution in [-0.4, -0.2) is 9.38 Å². The van der Waals surface area contributed by atoms with Crippen LogP contribution in [0.3, 0.4) is 0 Å². The molecule has 15 heavy (non-hydrogen) atoms. The lowest BCUT2D eigenvalue weighted by molar-refractivity contribution is 0.580. The maximum atomic E-state index is 11.5. The van der Waals surface area contributed by atoms with Crippen LogP contribution in [0.15, 0.2) is 52.0 Å². The first-order valence-corrected chi connectivity index (χ1v) is 4.59. The zero-order valence-electron chi connectivity index (χ0n) is 7.81. The second kappa shape index (κ2) is 2.88. The van der Waals surface area contributed by atoms with Gasteiger partial charge in [0.25, 0.3) is 5.56 Å². The maximum Gasteiger partial charge on any atom is 0.256 e. The van der Waals surface area contributed by atoms with E-state index in [9.17, 15) is 4.79 Å². The van der Waals surface area contributed by atoms with Crippen LogP contribution in [0.25, 0.3) is 17.1 Å². The number of imidazole rings is 1. The van der Waals surface area contributed by atoms with Crippen molar-refractivity contribution in [3.63, 3.8) is 0 Å². The predicted molar refractivity (Wildman–Crippen MR) is 55.7 cm³/mol. The number of pyridine rings is 1. The van der Waals surface area contributed by atoms with E-state index in [1.807, 2.05) is 18.2 Å². The van der Waals surface area contributed by atoms with Crippen LogP contribution in [0.4, 0.5) is 0 Å². The van der Waals surface area contributed by atoms with Gasteiger partial charge in [0, 0.05) is 12.3 Å². The zero-order valence-corrected chi connectivity index (χ0v) is 7.81. The monoisotopic (exact) mass is 200 g/mol. The molecule has 0 unspecified atom stereocenters. The highest BCUT2D eigenvalue weighted by Gasteiger charge is 2.05. The fraction of sp³-hybridized carbons (Fsp3) is 0. The lowest BCUT2D eigenvalue weighted by Gasteiger charge is -1.87. The van der Waals surface area contributed by atoms with Crippen molar-refractivity contribution in [1.29, 1.82) is 0 Å². The highest BCUT2D eigenvalue weighted by molar-refractivity contribution is 5.56. The third kappa shape index (κ3) is 1.19. The molecule has 3 rings (SSSR count). The summed E-state index contributed by atoms with van der Waals surface area (Å²) >= 11 is 0. The standard InChI is InChI=1S/C11H8N2O2/c14-11-5-1-4-10-12-8(7-13(10)11)9-3-2-6-15-9/h1-7,12H. The van der Waals surface area contributed by atoms with Gasteiger partial charge in [0.15, 0.2) is 5.76 Å². The van der Waals surface area contributed by atoms with Crippen molar-refractivity contribution in [2.75, 3.05) is 0 Å². The van der Waals surface area contributed by atoms with E-state index in [2.05, 4.69) is 4.98 Å². The van der Waals surface area contributed by atoms with Crippen molar-refractivity contribution in [1.82, 2.24) is 9.38 Å². The van der Waals surface area contributed by atoms with Crippen LogP contribution < -0.4 is 5.56 Å². The Hall–Kier alpha value is -2.23. The molecule has 0 radical (unpaired) electrons. The summed E-state index contributed by atoms with van der Waals surface area (Å²) < 4.78 is 6.80. The van der Waals surface area contributed by atoms with Gasteiger partial charge in [-0.15, -0.1) is 0 Å². The molecule has 0 fully saturated rings. The number of rotatable bonds is 1. The molecule has 0 spiro atoms. The lowest BCUT2D eigenvalue weighted by atomic mass is 10.4. The molecule has 0 saturated heterocycles. The molecular formula is C11H8N2O2. The van der Waals surface area contributed by atoms with Crippen molar-refractivity contribution < 1.29 is 4.42 Å². The minimum Gasteiger partial charge on any atom is -0.463 e. The second-order valence-corrected chi connectivity index (χ2v) is 3.26. The molecular weight excluding hydrogens is 192 g/mol. The summed E-state index contributed by atoms with van der Waals surface area (Å²) in [6.07, 6.45) is 3.33. The number of aromatic amines is 1. The van der Waals surface area contributed by atoms with E-state index in [1.165, 1.54) is 6.07 Å². The van der Waals surface area contributed by atoms with Gasteiger partial charge < -0.3 is 9.40 Å². The summed E-state index contributed by atoms with van der Waals surface area (Å²) in [5.41, 5.74) is 1.50. The molecule has 4 nitrogen and oxygen atoms in total. The van der Waals surface area contributed by atoms with Crippen molar-refractivity contribution >= 4 is 5.65 Å². The van der Waals surface area contributed by atoms with E-state index < -0.39 is 0 Å². The van der Waals surface area contributed by atoms with E-state index >= 15 is 0 Å². The number of aromatic nitrogens is 2. The van der Waals surface area contributed by atoms with Gasteiger partial charge in [-0.25, -0.2) is 0 Å². The van der Waals surface area contributed by atoms with Gasteiger partial charge in [-0.3, -0.25) is 9.20 Å². The summed E-state index contributed by atoms with van der Waals surface area (Å²) in [7, 11) is 0. The third-order valence-electron chi connectivity index (χ3n) is 2.30. The van der Waals surface area contributed by atoms with Gasteiger partial charge in [0.05, 0.1) is 12.0 Å². The third-order valence-corrected chi connectivity index (χ3v) is 2.30. The van der Waals surface area contributed by atoms with E-state index in [0.717, 1.165) is 17.1 Å². The van der Waals surface area contributed by atoms with E-state index in [-0.39, 0.29) is 5.56 Å². The van der Waals surface area contributed by atoms with Crippen molar-refractivity contribution in [2.24, 2.45) is 0 Å². The van der Waals surface area contributed by atoms with Gasteiger partial charge >= 0.3 is 0 Å². The number of furan rings is 1. The molecule has 0 amide bonds. The maximum absolute atomic E-state index is 11.5. The smallest absolute Gasteiger partial charge is 0.256 e. The van der Waals surface area contributed by atoms with Gasteiger partial charge in [-0.1, -0.05) is 6.07 Å². The molecule has 0 aliphatic rings. The van der Waals surface area contributed by atoms with Crippen molar-refractivity contribution in [2.45, 2.75) is 0 Å². The SMILES string of the molecule is O=c1cccc2[nH]c(-c3ccco3)cn12. The molecule has 0 saturated carbocycles. The van der Waals surface area contributed by atoms with Crippen LogP contribution in [0.5, 0.6) is 0 Å². The number of nitrogens with one attached hydrogen (secondary N) is 1. The minimum absolute atomic E-state index is 0.0541. The van der Waals surface area contributed by atoms with Gasteiger partial charge in [-0.05, 0) is 18.2 Å². The topological polar surface area (TPSA) is 50.4 Å². The summed E-state index contributed by atoms with van der Waals surface area (Å²) in [5, 5.41) is 0. The fourth-order valence-corrected chi connectivity index (χ4v) is 1.59. The summed E-state index contributed by atoms with van der Waals surface area (Å²) in [6, 6.07) is 8.74. The normalized spacial score (nSPS) is 10.9. The van der Waals surface area contributed by atoms with Crippen molar-refractivity contribution in [3.8, 4) is 11.5 Å². The summed E-state index contributed by atoms with van der Waals surface area (Å²) in [4.78, 5) is 14.6. The molecule has 1 N–H and O–H groups in total. The van der Waals surface area contributed by atoms with Crippen LogP contribution in [-0.2, 0) is 0 Å². The first kappa shape index (κ1) is 8.11. The van der Waals surface area contributed by atoms with Crippen LogP contribution in [0.1, 0.15) is 0 Å². The Morgan fingerprint density at radius 2 is 2.13 bits per heavy atom. The molecule has 0 aromatic carbocycles. The Bertz CT molecular complexity index is 647. The number of hydrogen-bond acceptors (Lipinski definition) is 2. The molecule has 3 aromatic heterocycles. The molecule has 3 heterocycles. The van der Waals surface area contributed by atoms with Crippen molar-refractivity contribution in [3.05, 3.63) is 53.1 Å². The number of H-pyrrole nitrogens is 1. The molecule has 0 aliphatic heterocycles. The van der Waals surface area contributed by atoms with E-state index in [4.69, 9.17) is 4.42 Å². The Kier molecular flexibility index (Phi) is 1.56. The molecule has 3 aromatic rings. The average molecular weight is 200 g/mol. The summed E-state index contributed by atoms with van der Waals surface area (Å²) in [6.45, 7) is 0. The number of fused-ring (bicyclic) bond motifs is 1. The largest absolute Gasteiger partial charge is 0.463 e. The van der Waals surface area contributed by atoms with Crippen LogP contribution >= 0.6 is 0 Å². The van der Waals surface area contributed by atoms with E-state index in [0.29, 0.717) is 0 Å². The molecule has 4 heteroatoms. The number of hydrogen-bond donors (Lipinski definition) is 1. The van der Waals surface area contributed by atoms with E-state index in [1.54, 1.807) is 22.9 Å².